The van der Waals surface area contributed by atoms with Crippen molar-refractivity contribution >= 4 is 10.0 Å². The molecule has 1 aromatic rings. The summed E-state index contributed by atoms with van der Waals surface area (Å²) in [5, 5.41) is -0.348. The highest BCUT2D eigenvalue weighted by atomic mass is 32.2. The molecule has 116 valence electrons. The SMILES string of the molecule is CC(C)S(=O)(=O)N1CCC2(CCc3ccccc3O2)CC1. The van der Waals surface area contributed by atoms with Gasteiger partial charge in [-0.3, -0.25) is 0 Å². The third kappa shape index (κ3) is 2.69. The Hall–Kier alpha value is -1.07. The first-order chi connectivity index (χ1) is 9.93. The lowest BCUT2D eigenvalue weighted by Crippen LogP contribution is -2.52. The van der Waals surface area contributed by atoms with Gasteiger partial charge in [-0.05, 0) is 38.3 Å². The van der Waals surface area contributed by atoms with Crippen molar-refractivity contribution < 1.29 is 13.2 Å². The van der Waals surface area contributed by atoms with Crippen LogP contribution in [0.3, 0.4) is 0 Å². The Balaban J connectivity index is 1.72. The van der Waals surface area contributed by atoms with Crippen molar-refractivity contribution in [3.63, 3.8) is 0 Å². The van der Waals surface area contributed by atoms with Crippen LogP contribution in [-0.2, 0) is 16.4 Å². The topological polar surface area (TPSA) is 46.6 Å². The molecule has 2 aliphatic rings. The second-order valence-electron chi connectivity index (χ2n) is 6.39. The highest BCUT2D eigenvalue weighted by Gasteiger charge is 2.42. The van der Waals surface area contributed by atoms with Crippen molar-refractivity contribution in [2.75, 3.05) is 13.1 Å². The molecule has 0 aliphatic carbocycles. The van der Waals surface area contributed by atoms with Crippen LogP contribution in [0.15, 0.2) is 24.3 Å². The molecule has 4 nitrogen and oxygen atoms in total. The monoisotopic (exact) mass is 309 g/mol. The number of benzene rings is 1. The molecule has 2 heterocycles. The van der Waals surface area contributed by atoms with E-state index in [2.05, 4.69) is 6.07 Å². The molecule has 1 fully saturated rings. The van der Waals surface area contributed by atoms with E-state index in [-0.39, 0.29) is 10.9 Å². The van der Waals surface area contributed by atoms with Crippen LogP contribution in [-0.4, -0.2) is 36.7 Å². The van der Waals surface area contributed by atoms with Crippen LogP contribution in [0.2, 0.25) is 0 Å². The van der Waals surface area contributed by atoms with Crippen LogP contribution in [0, 0.1) is 0 Å². The van der Waals surface area contributed by atoms with E-state index < -0.39 is 10.0 Å². The van der Waals surface area contributed by atoms with Gasteiger partial charge in [0, 0.05) is 25.9 Å². The fraction of sp³-hybridized carbons (Fsp3) is 0.625. The first kappa shape index (κ1) is 14.9. The predicted molar refractivity (Wildman–Crippen MR) is 83.0 cm³/mol. The van der Waals surface area contributed by atoms with Crippen LogP contribution >= 0.6 is 0 Å². The fourth-order valence-corrected chi connectivity index (χ4v) is 4.54. The van der Waals surface area contributed by atoms with E-state index in [0.717, 1.165) is 31.4 Å². The minimum Gasteiger partial charge on any atom is -0.487 e. The molecule has 0 atom stereocenters. The molecule has 2 aliphatic heterocycles. The van der Waals surface area contributed by atoms with Crippen LogP contribution in [0.25, 0.3) is 0 Å². The zero-order valence-corrected chi connectivity index (χ0v) is 13.5. The summed E-state index contributed by atoms with van der Waals surface area (Å²) in [6.07, 6.45) is 3.58. The average molecular weight is 309 g/mol. The zero-order chi connectivity index (χ0) is 15.1. The molecule has 0 bridgehead atoms. The van der Waals surface area contributed by atoms with Crippen LogP contribution in [0.4, 0.5) is 0 Å². The maximum absolute atomic E-state index is 12.2. The van der Waals surface area contributed by atoms with Gasteiger partial charge in [-0.25, -0.2) is 12.7 Å². The normalized spacial score (nSPS) is 22.0. The molecular weight excluding hydrogens is 286 g/mol. The summed E-state index contributed by atoms with van der Waals surface area (Å²) < 4.78 is 32.4. The fourth-order valence-electron chi connectivity index (χ4n) is 3.26. The third-order valence-electron chi connectivity index (χ3n) is 4.74. The molecule has 1 aromatic carbocycles. The van der Waals surface area contributed by atoms with Gasteiger partial charge in [0.15, 0.2) is 0 Å². The summed E-state index contributed by atoms with van der Waals surface area (Å²) in [7, 11) is -3.14. The van der Waals surface area contributed by atoms with Gasteiger partial charge in [-0.15, -0.1) is 0 Å². The average Bonchev–Trinajstić information content (AvgIpc) is 2.47. The number of hydrogen-bond acceptors (Lipinski definition) is 3. The largest absolute Gasteiger partial charge is 0.487 e. The number of para-hydroxylation sites is 1. The molecule has 0 aromatic heterocycles. The van der Waals surface area contributed by atoms with Gasteiger partial charge in [-0.1, -0.05) is 18.2 Å². The Morgan fingerprint density at radius 3 is 2.48 bits per heavy atom. The number of hydrogen-bond donors (Lipinski definition) is 0. The van der Waals surface area contributed by atoms with Crippen molar-refractivity contribution in [1.82, 2.24) is 4.31 Å². The first-order valence-electron chi connectivity index (χ1n) is 7.69. The van der Waals surface area contributed by atoms with Crippen LogP contribution in [0.5, 0.6) is 5.75 Å². The maximum atomic E-state index is 12.2. The Morgan fingerprint density at radius 1 is 1.14 bits per heavy atom. The Kier molecular flexibility index (Phi) is 3.74. The highest BCUT2D eigenvalue weighted by molar-refractivity contribution is 7.89. The van der Waals surface area contributed by atoms with Gasteiger partial charge < -0.3 is 4.74 Å². The van der Waals surface area contributed by atoms with Crippen molar-refractivity contribution in [3.8, 4) is 5.75 Å². The number of ether oxygens (including phenoxy) is 1. The minimum absolute atomic E-state index is 0.169. The minimum atomic E-state index is -3.14. The Labute approximate surface area is 127 Å². The van der Waals surface area contributed by atoms with Crippen LogP contribution < -0.4 is 4.74 Å². The third-order valence-corrected chi connectivity index (χ3v) is 7.01. The molecule has 0 amide bonds. The van der Waals surface area contributed by atoms with E-state index in [9.17, 15) is 8.42 Å². The summed E-state index contributed by atoms with van der Waals surface area (Å²) >= 11 is 0. The summed E-state index contributed by atoms with van der Waals surface area (Å²) in [6, 6.07) is 8.17. The molecule has 0 unspecified atom stereocenters. The summed E-state index contributed by atoms with van der Waals surface area (Å²) in [6.45, 7) is 4.63. The lowest BCUT2D eigenvalue weighted by Gasteiger charge is -2.44. The predicted octanol–water partition coefficient (Wildman–Crippen LogP) is 2.58. The quantitative estimate of drug-likeness (QED) is 0.843. The van der Waals surface area contributed by atoms with Crippen molar-refractivity contribution in [2.45, 2.75) is 50.4 Å². The van der Waals surface area contributed by atoms with E-state index >= 15 is 0 Å². The Morgan fingerprint density at radius 2 is 1.81 bits per heavy atom. The van der Waals surface area contributed by atoms with E-state index in [0.29, 0.717) is 13.1 Å². The van der Waals surface area contributed by atoms with E-state index in [1.54, 1.807) is 18.2 Å². The number of aryl methyl sites for hydroxylation is 1. The van der Waals surface area contributed by atoms with Crippen molar-refractivity contribution in [3.05, 3.63) is 29.8 Å². The maximum Gasteiger partial charge on any atom is 0.216 e. The van der Waals surface area contributed by atoms with Gasteiger partial charge in [0.2, 0.25) is 10.0 Å². The van der Waals surface area contributed by atoms with Gasteiger partial charge in [0.1, 0.15) is 11.4 Å². The van der Waals surface area contributed by atoms with Gasteiger partial charge >= 0.3 is 0 Å². The number of rotatable bonds is 2. The molecule has 1 spiro atoms. The van der Waals surface area contributed by atoms with Crippen LogP contribution in [0.1, 0.15) is 38.7 Å². The van der Waals surface area contributed by atoms with E-state index in [4.69, 9.17) is 4.74 Å². The summed E-state index contributed by atoms with van der Waals surface area (Å²) in [4.78, 5) is 0. The smallest absolute Gasteiger partial charge is 0.216 e. The van der Waals surface area contributed by atoms with Gasteiger partial charge in [0.05, 0.1) is 5.25 Å². The second-order valence-corrected chi connectivity index (χ2v) is 8.87. The number of sulfonamides is 1. The van der Waals surface area contributed by atoms with Crippen molar-refractivity contribution in [1.29, 1.82) is 0 Å². The molecule has 3 rings (SSSR count). The highest BCUT2D eigenvalue weighted by Crippen LogP contribution is 2.39. The lowest BCUT2D eigenvalue weighted by molar-refractivity contribution is 0.00170. The molecule has 0 saturated carbocycles. The number of fused-ring (bicyclic) bond motifs is 1. The number of piperidine rings is 1. The Bertz CT molecular complexity index is 616. The van der Waals surface area contributed by atoms with Gasteiger partial charge in [0.25, 0.3) is 0 Å². The standard InChI is InChI=1S/C16H23NO3S/c1-13(2)21(18,19)17-11-9-16(10-12-17)8-7-14-5-3-4-6-15(14)20-16/h3-6,13H,7-12H2,1-2H3. The van der Waals surface area contributed by atoms with E-state index in [1.807, 2.05) is 18.2 Å². The second kappa shape index (κ2) is 5.29. The molecular formula is C16H23NO3S. The summed E-state index contributed by atoms with van der Waals surface area (Å²) in [5.41, 5.74) is 1.09. The number of nitrogens with zero attached hydrogens (tertiary/aromatic N) is 1. The van der Waals surface area contributed by atoms with E-state index in [1.165, 1.54) is 5.56 Å². The van der Waals surface area contributed by atoms with Gasteiger partial charge in [-0.2, -0.15) is 0 Å². The zero-order valence-electron chi connectivity index (χ0n) is 12.7. The van der Waals surface area contributed by atoms with Crippen molar-refractivity contribution in [2.24, 2.45) is 0 Å². The molecule has 5 heteroatoms. The molecule has 1 saturated heterocycles. The first-order valence-corrected chi connectivity index (χ1v) is 9.19. The molecule has 0 radical (unpaired) electrons. The molecule has 0 N–H and O–H groups in total. The molecule has 21 heavy (non-hydrogen) atoms. The lowest BCUT2D eigenvalue weighted by atomic mass is 9.84. The summed E-state index contributed by atoms with van der Waals surface area (Å²) in [5.74, 6) is 0.976.